The fourth-order valence-electron chi connectivity index (χ4n) is 5.95. The van der Waals surface area contributed by atoms with Crippen LogP contribution in [-0.4, -0.2) is 61.7 Å². The van der Waals surface area contributed by atoms with E-state index < -0.39 is 0 Å². The molecule has 2 fully saturated rings. The molecule has 2 aliphatic rings. The van der Waals surface area contributed by atoms with Crippen LogP contribution in [0.1, 0.15) is 100 Å². The molecule has 2 saturated heterocycles. The zero-order chi connectivity index (χ0) is 24.2. The number of nitrogens with zero attached hydrogens (tertiary/aromatic N) is 1. The van der Waals surface area contributed by atoms with Crippen molar-refractivity contribution in [3.8, 4) is 0 Å². The van der Waals surface area contributed by atoms with Gasteiger partial charge in [-0.15, -0.1) is 0 Å². The van der Waals surface area contributed by atoms with Crippen LogP contribution in [0.3, 0.4) is 0 Å². The van der Waals surface area contributed by atoms with Gasteiger partial charge in [0.15, 0.2) is 0 Å². The van der Waals surface area contributed by atoms with Crippen molar-refractivity contribution < 1.29 is 14.6 Å². The van der Waals surface area contributed by atoms with Crippen LogP contribution in [0, 0.1) is 28.1 Å². The van der Waals surface area contributed by atoms with E-state index in [9.17, 15) is 5.11 Å². The molecule has 4 nitrogen and oxygen atoms in total. The van der Waals surface area contributed by atoms with Gasteiger partial charge in [0.1, 0.15) is 0 Å². The standard InChI is InChI=1S/C28H55NO3/c1-21(22(2)30)28(7,8)13-12-26(3,4)17-24-20-32-25(19-29(24)9)18-27(5,6)16-23-10-14-31-15-11-23/h21-25,30H,10-20H2,1-9H3. The van der Waals surface area contributed by atoms with Gasteiger partial charge in [0.25, 0.3) is 0 Å². The van der Waals surface area contributed by atoms with Crippen molar-refractivity contribution in [2.45, 2.75) is 119 Å². The summed E-state index contributed by atoms with van der Waals surface area (Å²) in [4.78, 5) is 2.56. The van der Waals surface area contributed by atoms with Gasteiger partial charge >= 0.3 is 0 Å². The second-order valence-corrected chi connectivity index (χ2v) is 13.6. The van der Waals surface area contributed by atoms with E-state index in [4.69, 9.17) is 9.47 Å². The fraction of sp³-hybridized carbons (Fsp3) is 1.00. The van der Waals surface area contributed by atoms with Crippen LogP contribution < -0.4 is 0 Å². The Hall–Kier alpha value is -0.160. The molecule has 190 valence electrons. The number of aliphatic hydroxyl groups is 1. The van der Waals surface area contributed by atoms with Crippen LogP contribution in [0.15, 0.2) is 0 Å². The van der Waals surface area contributed by atoms with Gasteiger partial charge in [-0.3, -0.25) is 4.90 Å². The molecule has 32 heavy (non-hydrogen) atoms. The summed E-state index contributed by atoms with van der Waals surface area (Å²) in [5.74, 6) is 1.12. The highest BCUT2D eigenvalue weighted by molar-refractivity contribution is 4.88. The number of ether oxygens (including phenoxy) is 2. The van der Waals surface area contributed by atoms with Gasteiger partial charge in [-0.05, 0) is 87.0 Å². The highest BCUT2D eigenvalue weighted by atomic mass is 16.5. The van der Waals surface area contributed by atoms with Crippen LogP contribution in [0.25, 0.3) is 0 Å². The molecule has 0 spiro atoms. The fourth-order valence-corrected chi connectivity index (χ4v) is 5.95. The van der Waals surface area contributed by atoms with Gasteiger partial charge in [0.2, 0.25) is 0 Å². The first-order chi connectivity index (χ1) is 14.7. The van der Waals surface area contributed by atoms with E-state index in [2.05, 4.69) is 60.4 Å². The van der Waals surface area contributed by atoms with Gasteiger partial charge in [0, 0.05) is 25.8 Å². The van der Waals surface area contributed by atoms with Gasteiger partial charge in [-0.2, -0.15) is 0 Å². The molecule has 0 amide bonds. The quantitative estimate of drug-likeness (QED) is 0.407. The normalized spacial score (nSPS) is 26.8. The summed E-state index contributed by atoms with van der Waals surface area (Å²) in [6, 6.07) is 0.497. The number of likely N-dealkylation sites (N-methyl/N-ethyl adjacent to an activating group) is 1. The summed E-state index contributed by atoms with van der Waals surface area (Å²) in [5.41, 5.74) is 0.750. The molecular weight excluding hydrogens is 398 g/mol. The third-order valence-electron chi connectivity index (χ3n) is 8.79. The number of aliphatic hydroxyl groups excluding tert-OH is 1. The minimum atomic E-state index is -0.251. The van der Waals surface area contributed by atoms with Crippen LogP contribution >= 0.6 is 0 Å². The molecule has 4 atom stereocenters. The van der Waals surface area contributed by atoms with Gasteiger partial charge in [0.05, 0.1) is 18.8 Å². The van der Waals surface area contributed by atoms with E-state index in [1.54, 1.807) is 0 Å². The van der Waals surface area contributed by atoms with E-state index in [1.165, 1.54) is 32.1 Å². The van der Waals surface area contributed by atoms with E-state index in [0.29, 0.717) is 23.5 Å². The Morgan fingerprint density at radius 3 is 2.09 bits per heavy atom. The number of rotatable bonds is 11. The third-order valence-corrected chi connectivity index (χ3v) is 8.79. The Balaban J connectivity index is 1.80. The molecular formula is C28H55NO3. The molecule has 0 aromatic heterocycles. The summed E-state index contributed by atoms with van der Waals surface area (Å²) < 4.78 is 12.0. The second-order valence-electron chi connectivity index (χ2n) is 13.6. The molecule has 1 N–H and O–H groups in total. The summed E-state index contributed by atoms with van der Waals surface area (Å²) in [6.45, 7) is 22.2. The molecule has 0 aromatic carbocycles. The lowest BCUT2D eigenvalue weighted by molar-refractivity contribution is -0.0821. The van der Waals surface area contributed by atoms with E-state index in [1.807, 2.05) is 6.92 Å². The Morgan fingerprint density at radius 2 is 1.53 bits per heavy atom. The zero-order valence-electron chi connectivity index (χ0n) is 22.9. The Kier molecular flexibility index (Phi) is 10.1. The molecule has 0 aliphatic carbocycles. The van der Waals surface area contributed by atoms with Crippen molar-refractivity contribution in [1.29, 1.82) is 0 Å². The largest absolute Gasteiger partial charge is 0.393 e. The third kappa shape index (κ3) is 8.89. The van der Waals surface area contributed by atoms with Crippen molar-refractivity contribution in [2.75, 3.05) is 33.4 Å². The first-order valence-corrected chi connectivity index (χ1v) is 13.3. The maximum Gasteiger partial charge on any atom is 0.0707 e. The number of hydrogen-bond acceptors (Lipinski definition) is 4. The summed E-state index contributed by atoms with van der Waals surface area (Å²) >= 11 is 0. The Labute approximate surface area is 199 Å². The van der Waals surface area contributed by atoms with Crippen molar-refractivity contribution in [1.82, 2.24) is 4.90 Å². The smallest absolute Gasteiger partial charge is 0.0707 e. The first-order valence-electron chi connectivity index (χ1n) is 13.3. The zero-order valence-corrected chi connectivity index (χ0v) is 22.9. The molecule has 4 heteroatoms. The minimum Gasteiger partial charge on any atom is -0.393 e. The molecule has 4 unspecified atom stereocenters. The minimum absolute atomic E-state index is 0.154. The lowest BCUT2D eigenvalue weighted by Gasteiger charge is -2.44. The van der Waals surface area contributed by atoms with Gasteiger partial charge in [-0.25, -0.2) is 0 Å². The molecule has 0 aromatic rings. The topological polar surface area (TPSA) is 41.9 Å². The maximum absolute atomic E-state index is 10.1. The average molecular weight is 454 g/mol. The van der Waals surface area contributed by atoms with Crippen LogP contribution in [-0.2, 0) is 9.47 Å². The van der Waals surface area contributed by atoms with Crippen molar-refractivity contribution in [3.05, 3.63) is 0 Å². The lowest BCUT2D eigenvalue weighted by Crippen LogP contribution is -2.50. The number of hydrogen-bond donors (Lipinski definition) is 1. The first kappa shape index (κ1) is 28.1. The molecule has 0 bridgehead atoms. The molecule has 0 radical (unpaired) electrons. The van der Waals surface area contributed by atoms with Crippen LogP contribution in [0.5, 0.6) is 0 Å². The van der Waals surface area contributed by atoms with Crippen molar-refractivity contribution >= 4 is 0 Å². The maximum atomic E-state index is 10.1. The second kappa shape index (κ2) is 11.5. The SMILES string of the molecule is CC(O)C(C)C(C)(C)CCC(C)(C)CC1COC(CC(C)(C)CC2CCOCC2)CN1C. The van der Waals surface area contributed by atoms with Crippen molar-refractivity contribution in [2.24, 2.45) is 28.1 Å². The average Bonchev–Trinajstić information content (AvgIpc) is 2.68. The molecule has 2 rings (SSSR count). The molecule has 0 saturated carbocycles. The predicted molar refractivity (Wildman–Crippen MR) is 135 cm³/mol. The van der Waals surface area contributed by atoms with Crippen molar-refractivity contribution in [3.63, 3.8) is 0 Å². The van der Waals surface area contributed by atoms with Gasteiger partial charge in [-0.1, -0.05) is 48.5 Å². The summed E-state index contributed by atoms with van der Waals surface area (Å²) in [6.07, 6.45) is 8.47. The highest BCUT2D eigenvalue weighted by Gasteiger charge is 2.36. The van der Waals surface area contributed by atoms with Gasteiger partial charge < -0.3 is 14.6 Å². The predicted octanol–water partition coefficient (Wildman–Crippen LogP) is 6.16. The molecule has 2 aliphatic heterocycles. The van der Waals surface area contributed by atoms with E-state index in [-0.39, 0.29) is 16.9 Å². The number of morpholine rings is 1. The monoisotopic (exact) mass is 453 g/mol. The highest BCUT2D eigenvalue weighted by Crippen LogP contribution is 2.41. The summed E-state index contributed by atoms with van der Waals surface area (Å²) in [5, 5.41) is 10.1. The van der Waals surface area contributed by atoms with Crippen LogP contribution in [0.4, 0.5) is 0 Å². The van der Waals surface area contributed by atoms with E-state index in [0.717, 1.165) is 45.1 Å². The lowest BCUT2D eigenvalue weighted by atomic mass is 9.69. The Bertz CT molecular complexity index is 551. The molecule has 2 heterocycles. The van der Waals surface area contributed by atoms with E-state index >= 15 is 0 Å². The Morgan fingerprint density at radius 1 is 0.906 bits per heavy atom. The van der Waals surface area contributed by atoms with Crippen LogP contribution in [0.2, 0.25) is 0 Å². The summed E-state index contributed by atoms with van der Waals surface area (Å²) in [7, 11) is 2.29.